The second-order valence-corrected chi connectivity index (χ2v) is 21.1. The van der Waals surface area contributed by atoms with Gasteiger partial charge in [-0.3, -0.25) is 76.7 Å². The number of thiol groups is 2. The van der Waals surface area contributed by atoms with Crippen LogP contribution in [0, 0.1) is 5.92 Å². The van der Waals surface area contributed by atoms with Crippen molar-refractivity contribution in [2.45, 2.75) is 145 Å². The molecule has 0 bridgehead atoms. The van der Waals surface area contributed by atoms with E-state index in [0.717, 1.165) is 13.8 Å². The fourth-order valence-electron chi connectivity index (χ4n) is 8.01. The zero-order valence-corrected chi connectivity index (χ0v) is 50.6. The van der Waals surface area contributed by atoms with Gasteiger partial charge in [-0.05, 0) is 58.4 Å². The molecule has 1 aliphatic rings. The van der Waals surface area contributed by atoms with Crippen LogP contribution < -0.4 is 86.7 Å². The van der Waals surface area contributed by atoms with Crippen LogP contribution in [0.15, 0.2) is 0 Å². The fraction of sp³-hybridized carbons (Fsp3) is 0.673. The van der Waals surface area contributed by atoms with E-state index in [0.29, 0.717) is 12.8 Å². The summed E-state index contributed by atoms with van der Waals surface area (Å²) in [6, 6.07) is -17.4. The summed E-state index contributed by atoms with van der Waals surface area (Å²) >= 11 is 7.95. The molecule has 0 aliphatic carbocycles. The number of carboxylic acids is 1. The van der Waals surface area contributed by atoms with Crippen LogP contribution in [0.25, 0.3) is 0 Å². The molecule has 0 spiro atoms. The molecule has 24 N–H and O–H groups in total. The molecule has 1 saturated heterocycles. The minimum Gasteiger partial charge on any atom is -0.480 e. The summed E-state index contributed by atoms with van der Waals surface area (Å²) in [7, 11) is 0. The highest BCUT2D eigenvalue weighted by molar-refractivity contribution is 7.80. The Morgan fingerprint density at radius 2 is 1.01 bits per heavy atom. The number of aliphatic hydroxyl groups excluding tert-OH is 3. The van der Waals surface area contributed by atoms with Gasteiger partial charge in [0.05, 0.1) is 51.3 Å². The second-order valence-electron chi connectivity index (χ2n) is 20.4. The van der Waals surface area contributed by atoms with E-state index in [1.807, 2.05) is 5.32 Å². The predicted molar refractivity (Wildman–Crippen MR) is 311 cm³/mol. The molecule has 0 radical (unpaired) electrons. The first-order valence-electron chi connectivity index (χ1n) is 27.5. The highest BCUT2D eigenvalue weighted by atomic mass is 32.1. The number of hydrogen-bond donors (Lipinski definition) is 22. The lowest BCUT2D eigenvalue weighted by Gasteiger charge is -2.29. The lowest BCUT2D eigenvalue weighted by molar-refractivity contribution is -0.140. The molecule has 1 rings (SSSR count). The number of rotatable bonds is 40. The quantitative estimate of drug-likeness (QED) is 0.0200. The van der Waals surface area contributed by atoms with E-state index < -0.39 is 219 Å². The summed E-state index contributed by atoms with van der Waals surface area (Å²) in [5.74, 6) is -18.2. The first-order valence-corrected chi connectivity index (χ1v) is 28.7. The van der Waals surface area contributed by atoms with Crippen LogP contribution in [-0.4, -0.2) is 250 Å². The smallest absolute Gasteiger partial charge is 0.322 e. The number of aliphatic hydroxyl groups is 3. The Morgan fingerprint density at radius 1 is 0.534 bits per heavy atom. The number of carbonyl (C=O) groups excluding carboxylic acids is 15. The number of aliphatic carboxylic acids is 1. The average Bonchev–Trinajstić information content (AvgIpc) is 3.27. The van der Waals surface area contributed by atoms with Crippen molar-refractivity contribution in [1.29, 1.82) is 0 Å². The SMILES string of the molecule is CC(C)[C@H](NC(=O)[C@@H](NC(=O)[C@H](CO)NC(=O)[C@H](CC(N)=O)NC(=O)[C@H](CC(N)=O)NC(=O)[C@H](C)NC(=O)[C@H](CO)NC(=O)[C@@H]1CCCN1C(=O)[C@@H](N)CS)[C@@H](C)O)C(=O)N[C@@H](CCCCN)C(=O)NCC(=O)NCC(=O)N[C@@H](CS)C(=O)NCC(=O)O. The number of primary amides is 2. The number of nitrogens with zero attached hydrogens (tertiary/aromatic N) is 1. The summed E-state index contributed by atoms with van der Waals surface area (Å²) < 4.78 is 0. The van der Waals surface area contributed by atoms with Crippen LogP contribution >= 0.6 is 25.3 Å². The summed E-state index contributed by atoms with van der Waals surface area (Å²) in [4.78, 5) is 207. The van der Waals surface area contributed by atoms with Crippen LogP contribution in [0.4, 0.5) is 0 Å². The molecular weight excluding hydrogens is 1210 g/mol. The maximum absolute atomic E-state index is 13.8. The highest BCUT2D eigenvalue weighted by Gasteiger charge is 2.39. The Labute approximate surface area is 515 Å². The van der Waals surface area contributed by atoms with Crippen molar-refractivity contribution in [1.82, 2.24) is 68.7 Å². The van der Waals surface area contributed by atoms with E-state index in [9.17, 15) is 92.0 Å². The van der Waals surface area contributed by atoms with Crippen molar-refractivity contribution in [3.63, 3.8) is 0 Å². The number of amides is 15. The zero-order valence-electron chi connectivity index (χ0n) is 48.8. The summed E-state index contributed by atoms with van der Waals surface area (Å²) in [5.41, 5.74) is 22.0. The fourth-order valence-corrected chi connectivity index (χ4v) is 8.42. The van der Waals surface area contributed by atoms with E-state index in [1.54, 1.807) is 0 Å². The molecule has 0 saturated carbocycles. The van der Waals surface area contributed by atoms with Crippen molar-refractivity contribution in [3.8, 4) is 0 Å². The first-order chi connectivity index (χ1) is 41.3. The van der Waals surface area contributed by atoms with Crippen molar-refractivity contribution in [3.05, 3.63) is 0 Å². The van der Waals surface area contributed by atoms with Gasteiger partial charge in [0.15, 0.2) is 0 Å². The second kappa shape index (κ2) is 39.7. The molecule has 496 valence electrons. The van der Waals surface area contributed by atoms with Gasteiger partial charge >= 0.3 is 5.97 Å². The molecule has 88 heavy (non-hydrogen) atoms. The molecule has 0 aromatic carbocycles. The molecule has 0 aromatic rings. The molecule has 0 unspecified atom stereocenters. The lowest BCUT2D eigenvalue weighted by Crippen LogP contribution is -2.63. The van der Waals surface area contributed by atoms with Crippen molar-refractivity contribution in [2.24, 2.45) is 28.9 Å². The standard InChI is InChI=1S/C49H83N17O20S2/c1-21(2)37(47(84)59-25(8-5-6-10-50)40(77)55-14-34(72)54-15-35(73)58-30(20-88)41(78)56-16-36(74)75)64-48(85)38(23(4)69)65-45(82)29(18-68)62-43(80)27(13-33(53)71)61-42(79)26(12-32(52)70)60-39(76)22(3)57-44(81)28(17-67)63-46(83)31-9-7-11-66(31)49(86)24(51)19-87/h21-31,37-38,67-69,87-88H,5-20,50-51H2,1-4H3,(H2,52,70)(H2,53,71)(H,54,72)(H,55,77)(H,56,78)(H,57,81)(H,58,73)(H,59,84)(H,60,76)(H,61,79)(H,62,80)(H,63,83)(H,64,85)(H,65,82)(H,74,75)/t22-,23+,24-,25-,26-,27-,28-,29-,30-,31-,37-,38-/m0/s1. The Bertz CT molecular complexity index is 2520. The molecular formula is C49H83N17O20S2. The molecule has 1 heterocycles. The normalized spacial score (nSPS) is 16.5. The van der Waals surface area contributed by atoms with Crippen LogP contribution in [0.3, 0.4) is 0 Å². The van der Waals surface area contributed by atoms with Gasteiger partial charge in [0.1, 0.15) is 67.0 Å². The molecule has 15 amide bonds. The average molecular weight is 1290 g/mol. The van der Waals surface area contributed by atoms with E-state index in [-0.39, 0.29) is 43.9 Å². The van der Waals surface area contributed by atoms with Gasteiger partial charge in [0.25, 0.3) is 0 Å². The predicted octanol–water partition coefficient (Wildman–Crippen LogP) is -12.1. The van der Waals surface area contributed by atoms with Crippen LogP contribution in [0.1, 0.15) is 72.6 Å². The third kappa shape index (κ3) is 27.4. The monoisotopic (exact) mass is 1290 g/mol. The van der Waals surface area contributed by atoms with Crippen LogP contribution in [0.5, 0.6) is 0 Å². The van der Waals surface area contributed by atoms with E-state index in [1.165, 1.54) is 18.7 Å². The Hall–Kier alpha value is -7.98. The number of carboxylic acid groups (broad SMARTS) is 1. The maximum atomic E-state index is 13.8. The molecule has 1 aliphatic heterocycles. The third-order valence-electron chi connectivity index (χ3n) is 12.8. The van der Waals surface area contributed by atoms with Crippen molar-refractivity contribution < 1.29 is 97.1 Å². The van der Waals surface area contributed by atoms with Crippen molar-refractivity contribution >= 4 is 120 Å². The number of nitrogens with one attached hydrogen (secondary N) is 12. The Morgan fingerprint density at radius 3 is 1.52 bits per heavy atom. The maximum Gasteiger partial charge on any atom is 0.322 e. The Balaban J connectivity index is 3.14. The summed E-state index contributed by atoms with van der Waals surface area (Å²) in [6.07, 6.45) is -2.50. The van der Waals surface area contributed by atoms with Crippen LogP contribution in [0.2, 0.25) is 0 Å². The van der Waals surface area contributed by atoms with Gasteiger partial charge in [-0.1, -0.05) is 13.8 Å². The van der Waals surface area contributed by atoms with Gasteiger partial charge in [-0.15, -0.1) is 0 Å². The number of carbonyl (C=O) groups is 16. The number of likely N-dealkylation sites (tertiary alicyclic amines) is 1. The third-order valence-corrected chi connectivity index (χ3v) is 13.6. The van der Waals surface area contributed by atoms with E-state index in [2.05, 4.69) is 83.7 Å². The van der Waals surface area contributed by atoms with Gasteiger partial charge in [-0.2, -0.15) is 25.3 Å². The lowest BCUT2D eigenvalue weighted by atomic mass is 10.0. The van der Waals surface area contributed by atoms with E-state index >= 15 is 0 Å². The minimum absolute atomic E-state index is 0.0143. The highest BCUT2D eigenvalue weighted by Crippen LogP contribution is 2.19. The largest absolute Gasteiger partial charge is 0.480 e. The summed E-state index contributed by atoms with van der Waals surface area (Å²) in [5, 5.41) is 66.2. The first kappa shape index (κ1) is 78.0. The minimum atomic E-state index is -2.03. The topological polar surface area (TPSA) is 606 Å². The van der Waals surface area contributed by atoms with Gasteiger partial charge in [-0.25, -0.2) is 0 Å². The van der Waals surface area contributed by atoms with Gasteiger partial charge in [0.2, 0.25) is 88.6 Å². The molecule has 37 nitrogen and oxygen atoms in total. The molecule has 1 fully saturated rings. The zero-order chi connectivity index (χ0) is 67.1. The number of nitrogens with two attached hydrogens (primary N) is 4. The van der Waals surface area contributed by atoms with E-state index in [4.69, 9.17) is 28.0 Å². The summed E-state index contributed by atoms with van der Waals surface area (Å²) in [6.45, 7) is 1.14. The van der Waals surface area contributed by atoms with Gasteiger partial charge in [0, 0.05) is 18.1 Å². The van der Waals surface area contributed by atoms with Crippen molar-refractivity contribution in [2.75, 3.05) is 57.4 Å². The van der Waals surface area contributed by atoms with Crippen LogP contribution in [-0.2, 0) is 76.7 Å². The van der Waals surface area contributed by atoms with Gasteiger partial charge < -0.3 is 112 Å². The molecule has 12 atom stereocenters. The molecule has 0 aromatic heterocycles. The Kier molecular flexibility index (Phi) is 35.2. The molecule has 39 heteroatoms. The number of hydrogen-bond acceptors (Lipinski definition) is 23. The number of unbranched alkanes of at least 4 members (excludes halogenated alkanes) is 1.